The minimum absolute atomic E-state index is 0.125. The maximum Gasteiger partial charge on any atom is 0.356 e. The van der Waals surface area contributed by atoms with E-state index in [1.54, 1.807) is 6.07 Å². The molecule has 2 aromatic rings. The minimum atomic E-state index is -0.983. The third kappa shape index (κ3) is 2.01. The average molecular weight is 233 g/mol. The normalized spacial score (nSPS) is 10.9. The number of pyridine rings is 1. The van der Waals surface area contributed by atoms with Gasteiger partial charge in [0, 0.05) is 18.7 Å². The number of hydrogen-bond donors (Lipinski definition) is 2. The van der Waals surface area contributed by atoms with Gasteiger partial charge in [0.05, 0.1) is 5.52 Å². The van der Waals surface area contributed by atoms with Crippen LogP contribution in [-0.4, -0.2) is 34.1 Å². The lowest BCUT2D eigenvalue weighted by molar-refractivity contribution is 0.0693. The first kappa shape index (κ1) is 11.6. The van der Waals surface area contributed by atoms with Crippen LogP contribution in [0.2, 0.25) is 0 Å². The van der Waals surface area contributed by atoms with E-state index in [0.717, 1.165) is 18.1 Å². The molecule has 17 heavy (non-hydrogen) atoms. The minimum Gasteiger partial charge on any atom is -0.476 e. The first-order chi connectivity index (χ1) is 8.15. The van der Waals surface area contributed by atoms with Gasteiger partial charge in [-0.25, -0.2) is 9.78 Å². The smallest absolute Gasteiger partial charge is 0.356 e. The summed E-state index contributed by atoms with van der Waals surface area (Å²) in [6, 6.07) is 5.58. The third-order valence-electron chi connectivity index (χ3n) is 2.73. The van der Waals surface area contributed by atoms with E-state index in [2.05, 4.69) is 10.3 Å². The number of aromatic carboxylic acids is 1. The predicted molar refractivity (Wildman–Crippen MR) is 64.5 cm³/mol. The van der Waals surface area contributed by atoms with Crippen molar-refractivity contribution in [3.05, 3.63) is 35.4 Å². The second-order valence-electron chi connectivity index (χ2n) is 3.92. The van der Waals surface area contributed by atoms with Gasteiger partial charge in [-0.05, 0) is 26.1 Å². The van der Waals surface area contributed by atoms with Gasteiger partial charge >= 0.3 is 5.97 Å². The van der Waals surface area contributed by atoms with Crippen molar-refractivity contribution in [3.8, 4) is 0 Å². The monoisotopic (exact) mass is 233 g/mol. The number of carboxylic acid groups (broad SMARTS) is 1. The first-order valence-electron chi connectivity index (χ1n) is 5.50. The molecule has 0 saturated heterocycles. The number of hydrogen-bond acceptors (Lipinski definition) is 3. The summed E-state index contributed by atoms with van der Waals surface area (Å²) in [4.78, 5) is 15.3. The van der Waals surface area contributed by atoms with Crippen molar-refractivity contribution >= 4 is 11.5 Å². The van der Waals surface area contributed by atoms with E-state index in [-0.39, 0.29) is 5.69 Å². The van der Waals surface area contributed by atoms with E-state index >= 15 is 0 Å². The fourth-order valence-corrected chi connectivity index (χ4v) is 1.94. The Kier molecular flexibility index (Phi) is 3.10. The third-order valence-corrected chi connectivity index (χ3v) is 2.73. The zero-order valence-electron chi connectivity index (χ0n) is 9.90. The molecule has 0 atom stereocenters. The molecule has 0 radical (unpaired) electrons. The molecule has 0 aliphatic carbocycles. The number of nitrogens with zero attached hydrogens (tertiary/aromatic N) is 2. The fraction of sp³-hybridized carbons (Fsp3) is 0.333. The lowest BCUT2D eigenvalue weighted by atomic mass is 10.3. The molecule has 0 unspecified atom stereocenters. The Balaban J connectivity index is 2.63. The summed E-state index contributed by atoms with van der Waals surface area (Å²) >= 11 is 0. The molecule has 0 aromatic carbocycles. The molecule has 2 heterocycles. The van der Waals surface area contributed by atoms with Crippen LogP contribution < -0.4 is 5.32 Å². The van der Waals surface area contributed by atoms with Crippen LogP contribution in [0.5, 0.6) is 0 Å². The summed E-state index contributed by atoms with van der Waals surface area (Å²) in [5, 5.41) is 12.2. The Morgan fingerprint density at radius 3 is 2.94 bits per heavy atom. The summed E-state index contributed by atoms with van der Waals surface area (Å²) in [6.45, 7) is 2.72. The number of likely N-dealkylation sites (N-methyl/N-ethyl adjacent to an activating group) is 1. The highest BCUT2D eigenvalue weighted by Gasteiger charge is 2.16. The molecule has 2 N–H and O–H groups in total. The Labute approximate surface area is 99.1 Å². The van der Waals surface area contributed by atoms with Crippen molar-refractivity contribution in [3.63, 3.8) is 0 Å². The summed E-state index contributed by atoms with van der Waals surface area (Å²) in [5.41, 5.74) is 1.78. The molecule has 0 spiro atoms. The quantitative estimate of drug-likeness (QED) is 0.830. The van der Waals surface area contributed by atoms with Crippen LogP contribution in [0.4, 0.5) is 0 Å². The highest BCUT2D eigenvalue weighted by atomic mass is 16.4. The molecule has 5 heteroatoms. The van der Waals surface area contributed by atoms with E-state index in [0.29, 0.717) is 11.9 Å². The van der Waals surface area contributed by atoms with Gasteiger partial charge in [-0.2, -0.15) is 0 Å². The topological polar surface area (TPSA) is 66.6 Å². The van der Waals surface area contributed by atoms with Crippen LogP contribution in [-0.2, 0) is 6.42 Å². The van der Waals surface area contributed by atoms with Crippen molar-refractivity contribution in [2.24, 2.45) is 0 Å². The lowest BCUT2D eigenvalue weighted by Crippen LogP contribution is -2.12. The van der Waals surface area contributed by atoms with Crippen LogP contribution >= 0.6 is 0 Å². The molecule has 0 saturated carbocycles. The summed E-state index contributed by atoms with van der Waals surface area (Å²) < 4.78 is 1.90. The maximum atomic E-state index is 11.1. The highest BCUT2D eigenvalue weighted by molar-refractivity contribution is 5.93. The first-order valence-corrected chi connectivity index (χ1v) is 5.50. The van der Waals surface area contributed by atoms with E-state index in [1.165, 1.54) is 0 Å². The number of carbonyl (C=O) groups is 1. The molecule has 2 rings (SSSR count). The molecular formula is C12H15N3O2. The number of fused-ring (bicyclic) bond motifs is 1. The SMILES string of the molecule is CNCCc1nc(C(=O)O)c2cccc(C)n12. The number of nitrogens with one attached hydrogen (secondary N) is 1. The summed E-state index contributed by atoms with van der Waals surface area (Å²) in [5.74, 6) is -0.200. The summed E-state index contributed by atoms with van der Waals surface area (Å²) in [7, 11) is 1.86. The van der Waals surface area contributed by atoms with Crippen molar-refractivity contribution in [2.75, 3.05) is 13.6 Å². The molecule has 2 aromatic heterocycles. The Hall–Kier alpha value is -1.88. The van der Waals surface area contributed by atoms with Gasteiger partial charge in [-0.15, -0.1) is 0 Å². The summed E-state index contributed by atoms with van der Waals surface area (Å²) in [6.07, 6.45) is 0.704. The Morgan fingerprint density at radius 1 is 1.53 bits per heavy atom. The van der Waals surface area contributed by atoms with Crippen molar-refractivity contribution in [2.45, 2.75) is 13.3 Å². The van der Waals surface area contributed by atoms with Gasteiger partial charge in [-0.1, -0.05) is 6.07 Å². The van der Waals surface area contributed by atoms with Gasteiger partial charge in [-0.3, -0.25) is 0 Å². The zero-order chi connectivity index (χ0) is 12.4. The largest absolute Gasteiger partial charge is 0.476 e. The standard InChI is InChI=1S/C12H15N3O2/c1-8-4-3-5-9-11(12(16)17)14-10(15(8)9)6-7-13-2/h3-5,13H,6-7H2,1-2H3,(H,16,17). The molecule has 0 bridgehead atoms. The van der Waals surface area contributed by atoms with Gasteiger partial charge in [0.1, 0.15) is 5.82 Å². The van der Waals surface area contributed by atoms with Crippen LogP contribution in [0.15, 0.2) is 18.2 Å². The zero-order valence-corrected chi connectivity index (χ0v) is 9.90. The average Bonchev–Trinajstić information content (AvgIpc) is 2.67. The fourth-order valence-electron chi connectivity index (χ4n) is 1.94. The van der Waals surface area contributed by atoms with Gasteiger partial charge in [0.2, 0.25) is 0 Å². The van der Waals surface area contributed by atoms with E-state index < -0.39 is 5.97 Å². The predicted octanol–water partition coefficient (Wildman–Crippen LogP) is 1.10. The van der Waals surface area contributed by atoms with Crippen molar-refractivity contribution in [1.82, 2.24) is 14.7 Å². The van der Waals surface area contributed by atoms with E-state index in [9.17, 15) is 4.79 Å². The van der Waals surface area contributed by atoms with Crippen molar-refractivity contribution < 1.29 is 9.90 Å². The Bertz CT molecular complexity index is 560. The van der Waals surface area contributed by atoms with Crippen LogP contribution in [0.3, 0.4) is 0 Å². The number of imidazole rings is 1. The van der Waals surface area contributed by atoms with Crippen LogP contribution in [0, 0.1) is 6.92 Å². The number of carboxylic acids is 1. The Morgan fingerprint density at radius 2 is 2.29 bits per heavy atom. The van der Waals surface area contributed by atoms with E-state index in [1.807, 2.05) is 30.5 Å². The van der Waals surface area contributed by atoms with Crippen molar-refractivity contribution in [1.29, 1.82) is 0 Å². The maximum absolute atomic E-state index is 11.1. The number of aryl methyl sites for hydroxylation is 1. The second kappa shape index (κ2) is 4.55. The van der Waals surface area contributed by atoms with E-state index in [4.69, 9.17) is 5.11 Å². The van der Waals surface area contributed by atoms with Gasteiger partial charge < -0.3 is 14.8 Å². The number of aromatic nitrogens is 2. The molecule has 0 amide bonds. The molecule has 90 valence electrons. The molecule has 5 nitrogen and oxygen atoms in total. The van der Waals surface area contributed by atoms with Gasteiger partial charge in [0.15, 0.2) is 5.69 Å². The van der Waals surface area contributed by atoms with Crippen LogP contribution in [0.1, 0.15) is 22.0 Å². The van der Waals surface area contributed by atoms with Crippen LogP contribution in [0.25, 0.3) is 5.52 Å². The molecule has 0 fully saturated rings. The lowest BCUT2D eigenvalue weighted by Gasteiger charge is -2.04. The molecule has 0 aliphatic heterocycles. The molecular weight excluding hydrogens is 218 g/mol. The highest BCUT2D eigenvalue weighted by Crippen LogP contribution is 2.16. The molecule has 0 aliphatic rings. The second-order valence-corrected chi connectivity index (χ2v) is 3.92. The van der Waals surface area contributed by atoms with Gasteiger partial charge in [0.25, 0.3) is 0 Å². The number of rotatable bonds is 4.